The van der Waals surface area contributed by atoms with Crippen LogP contribution in [0.2, 0.25) is 0 Å². The Morgan fingerprint density at radius 3 is 2.64 bits per heavy atom. The number of nitrogens with one attached hydrogen (secondary N) is 1. The van der Waals surface area contributed by atoms with Crippen LogP contribution >= 0.6 is 0 Å². The number of hydrogen-bond acceptors (Lipinski definition) is 4. The van der Waals surface area contributed by atoms with E-state index in [0.29, 0.717) is 30.1 Å². The summed E-state index contributed by atoms with van der Waals surface area (Å²) in [4.78, 5) is 14.7. The number of sulfonamides is 1. The highest BCUT2D eigenvalue weighted by atomic mass is 32.2. The van der Waals surface area contributed by atoms with Gasteiger partial charge in [-0.1, -0.05) is 6.07 Å². The van der Waals surface area contributed by atoms with Crippen LogP contribution in [0.3, 0.4) is 0 Å². The Kier molecular flexibility index (Phi) is 5.64. The summed E-state index contributed by atoms with van der Waals surface area (Å²) in [6.45, 7) is 3.07. The van der Waals surface area contributed by atoms with Gasteiger partial charge in [-0.25, -0.2) is 8.42 Å². The van der Waals surface area contributed by atoms with E-state index >= 15 is 0 Å². The third-order valence-corrected chi connectivity index (χ3v) is 7.05. The van der Waals surface area contributed by atoms with Crippen molar-refractivity contribution in [2.24, 2.45) is 5.92 Å². The summed E-state index contributed by atoms with van der Waals surface area (Å²) in [5, 5.41) is 3.18. The molecule has 2 saturated heterocycles. The van der Waals surface area contributed by atoms with Crippen LogP contribution in [0.5, 0.6) is 0 Å². The summed E-state index contributed by atoms with van der Waals surface area (Å²) in [7, 11) is -1.26. The van der Waals surface area contributed by atoms with Crippen molar-refractivity contribution < 1.29 is 13.2 Å². The van der Waals surface area contributed by atoms with Crippen molar-refractivity contribution >= 4 is 21.6 Å². The van der Waals surface area contributed by atoms with E-state index in [9.17, 15) is 13.2 Å². The molecule has 1 amide bonds. The van der Waals surface area contributed by atoms with Crippen LogP contribution in [-0.4, -0.2) is 58.2 Å². The maximum Gasteiger partial charge on any atom is 0.253 e. The maximum atomic E-state index is 12.8. The molecule has 0 aromatic heterocycles. The molecule has 1 aromatic carbocycles. The third kappa shape index (κ3) is 4.15. The topological polar surface area (TPSA) is 69.7 Å². The SMILES string of the molecule is CNCCC1CCN(C(=O)c2cccc(N3CCCS3(=O)=O)c2)CC1. The lowest BCUT2D eigenvalue weighted by Crippen LogP contribution is -2.39. The molecule has 0 bridgehead atoms. The van der Waals surface area contributed by atoms with Gasteiger partial charge in [0.1, 0.15) is 0 Å². The fourth-order valence-corrected chi connectivity index (χ4v) is 5.24. The monoisotopic (exact) mass is 365 g/mol. The predicted molar refractivity (Wildman–Crippen MR) is 99.4 cm³/mol. The Labute approximate surface area is 150 Å². The van der Waals surface area contributed by atoms with E-state index in [1.54, 1.807) is 24.3 Å². The minimum Gasteiger partial charge on any atom is -0.339 e. The second kappa shape index (κ2) is 7.74. The number of carbonyl (C=O) groups excluding carboxylic acids is 1. The minimum atomic E-state index is -3.22. The summed E-state index contributed by atoms with van der Waals surface area (Å²) in [5.74, 6) is 0.869. The van der Waals surface area contributed by atoms with Gasteiger partial charge >= 0.3 is 0 Å². The van der Waals surface area contributed by atoms with Gasteiger partial charge in [0.25, 0.3) is 5.91 Å². The molecule has 138 valence electrons. The molecule has 2 aliphatic heterocycles. The van der Waals surface area contributed by atoms with Crippen molar-refractivity contribution in [2.75, 3.05) is 43.3 Å². The van der Waals surface area contributed by atoms with E-state index in [-0.39, 0.29) is 11.7 Å². The molecule has 0 atom stereocenters. The molecule has 2 fully saturated rings. The number of likely N-dealkylation sites (tertiary alicyclic amines) is 1. The summed E-state index contributed by atoms with van der Waals surface area (Å²) >= 11 is 0. The maximum absolute atomic E-state index is 12.8. The van der Waals surface area contributed by atoms with Crippen LogP contribution in [0.1, 0.15) is 36.0 Å². The summed E-state index contributed by atoms with van der Waals surface area (Å²) in [5.41, 5.74) is 1.18. The van der Waals surface area contributed by atoms with E-state index in [0.717, 1.165) is 38.9 Å². The molecule has 0 spiro atoms. The molecular weight excluding hydrogens is 338 g/mol. The van der Waals surface area contributed by atoms with Crippen molar-refractivity contribution in [2.45, 2.75) is 25.7 Å². The van der Waals surface area contributed by atoms with Crippen molar-refractivity contribution in [3.8, 4) is 0 Å². The molecule has 0 saturated carbocycles. The van der Waals surface area contributed by atoms with Crippen molar-refractivity contribution in [1.82, 2.24) is 10.2 Å². The Bertz CT molecular complexity index is 712. The molecule has 25 heavy (non-hydrogen) atoms. The molecule has 2 aliphatic rings. The quantitative estimate of drug-likeness (QED) is 0.862. The number of piperidine rings is 1. The van der Waals surface area contributed by atoms with Gasteiger partial charge in [0.05, 0.1) is 11.4 Å². The van der Waals surface area contributed by atoms with Gasteiger partial charge in [0, 0.05) is 25.2 Å². The minimum absolute atomic E-state index is 0.00510. The zero-order chi connectivity index (χ0) is 17.9. The van der Waals surface area contributed by atoms with Gasteiger partial charge in [0.2, 0.25) is 10.0 Å². The van der Waals surface area contributed by atoms with Gasteiger partial charge in [0.15, 0.2) is 0 Å². The average Bonchev–Trinajstić information content (AvgIpc) is 2.99. The standard InChI is InChI=1S/C18H27N3O3S/c1-19-9-6-15-7-11-20(12-8-15)18(22)16-4-2-5-17(14-16)21-10-3-13-25(21,23)24/h2,4-5,14-15,19H,3,6-13H2,1H3. The Balaban J connectivity index is 1.66. The lowest BCUT2D eigenvalue weighted by Gasteiger charge is -2.32. The lowest BCUT2D eigenvalue weighted by atomic mass is 9.93. The zero-order valence-corrected chi connectivity index (χ0v) is 15.6. The summed E-state index contributed by atoms with van der Waals surface area (Å²) in [6, 6.07) is 7.04. The van der Waals surface area contributed by atoms with Crippen molar-refractivity contribution in [1.29, 1.82) is 0 Å². The number of hydrogen-bond donors (Lipinski definition) is 1. The van der Waals surface area contributed by atoms with Crippen LogP contribution in [0.25, 0.3) is 0 Å². The normalized spacial score (nSPS) is 20.8. The zero-order valence-electron chi connectivity index (χ0n) is 14.8. The first kappa shape index (κ1) is 18.2. The number of anilines is 1. The number of amides is 1. The lowest BCUT2D eigenvalue weighted by molar-refractivity contribution is 0.0687. The van der Waals surface area contributed by atoms with Gasteiger partial charge in [-0.3, -0.25) is 9.10 Å². The molecule has 6 nitrogen and oxygen atoms in total. The average molecular weight is 365 g/mol. The number of nitrogens with zero attached hydrogens (tertiary/aromatic N) is 2. The van der Waals surface area contributed by atoms with E-state index in [4.69, 9.17) is 0 Å². The van der Waals surface area contributed by atoms with E-state index in [1.807, 2.05) is 11.9 Å². The smallest absolute Gasteiger partial charge is 0.253 e. The highest BCUT2D eigenvalue weighted by Crippen LogP contribution is 2.26. The van der Waals surface area contributed by atoms with Crippen LogP contribution in [0.4, 0.5) is 5.69 Å². The first-order chi connectivity index (χ1) is 12.0. The number of rotatable bonds is 5. The van der Waals surface area contributed by atoms with Crippen molar-refractivity contribution in [3.05, 3.63) is 29.8 Å². The molecule has 1 aromatic rings. The van der Waals surface area contributed by atoms with Gasteiger partial charge in [-0.05, 0) is 63.4 Å². The predicted octanol–water partition coefficient (Wildman–Crippen LogP) is 1.69. The second-order valence-corrected chi connectivity index (χ2v) is 8.93. The fourth-order valence-electron chi connectivity index (χ4n) is 3.68. The number of carbonyl (C=O) groups is 1. The van der Waals surface area contributed by atoms with E-state index < -0.39 is 10.0 Å². The summed E-state index contributed by atoms with van der Waals surface area (Å²) in [6.07, 6.45) is 3.86. The van der Waals surface area contributed by atoms with Crippen LogP contribution < -0.4 is 9.62 Å². The van der Waals surface area contributed by atoms with Gasteiger partial charge in [-0.2, -0.15) is 0 Å². The second-order valence-electron chi connectivity index (χ2n) is 6.92. The van der Waals surface area contributed by atoms with Crippen LogP contribution in [0.15, 0.2) is 24.3 Å². The Morgan fingerprint density at radius 2 is 2.00 bits per heavy atom. The Morgan fingerprint density at radius 1 is 1.24 bits per heavy atom. The molecule has 7 heteroatoms. The Hall–Kier alpha value is -1.60. The molecule has 0 unspecified atom stereocenters. The van der Waals surface area contributed by atoms with Gasteiger partial charge in [-0.15, -0.1) is 0 Å². The largest absolute Gasteiger partial charge is 0.339 e. The fraction of sp³-hybridized carbons (Fsp3) is 0.611. The van der Waals surface area contributed by atoms with Crippen LogP contribution in [-0.2, 0) is 10.0 Å². The van der Waals surface area contributed by atoms with Crippen molar-refractivity contribution in [3.63, 3.8) is 0 Å². The highest BCUT2D eigenvalue weighted by Gasteiger charge is 2.29. The first-order valence-corrected chi connectivity index (χ1v) is 10.7. The van der Waals surface area contributed by atoms with E-state index in [1.165, 1.54) is 4.31 Å². The highest BCUT2D eigenvalue weighted by molar-refractivity contribution is 7.93. The molecule has 0 radical (unpaired) electrons. The first-order valence-electron chi connectivity index (χ1n) is 9.05. The molecule has 3 rings (SSSR count). The van der Waals surface area contributed by atoms with E-state index in [2.05, 4.69) is 5.32 Å². The van der Waals surface area contributed by atoms with Crippen LogP contribution in [0, 0.1) is 5.92 Å². The molecule has 0 aliphatic carbocycles. The number of benzene rings is 1. The molecular formula is C18H27N3O3S. The molecule has 2 heterocycles. The summed E-state index contributed by atoms with van der Waals surface area (Å²) < 4.78 is 25.6. The van der Waals surface area contributed by atoms with Gasteiger partial charge < -0.3 is 10.2 Å². The third-order valence-electron chi connectivity index (χ3n) is 5.18. The molecule has 1 N–H and O–H groups in total.